The summed E-state index contributed by atoms with van der Waals surface area (Å²) in [7, 11) is 1.62. The standard InChI is InChI=1S/C29H23N3O4S/c1-34-23-13-10-20(11-14-23)28-31-25-17-22(12-15-26(25)36-28)30-29(37)32-27(33)21-8-5-9-24(16-21)35-18-19-6-3-2-4-7-19/h2-17H,18H2,1H3,(H2,30,32,33,37). The van der Waals surface area contributed by atoms with Crippen molar-refractivity contribution >= 4 is 40.0 Å². The van der Waals surface area contributed by atoms with E-state index in [4.69, 9.17) is 26.1 Å². The number of methoxy groups -OCH3 is 1. The number of oxazole rings is 1. The third kappa shape index (κ3) is 5.94. The first-order chi connectivity index (χ1) is 18.1. The predicted octanol–water partition coefficient (Wildman–Crippen LogP) is 6.21. The smallest absolute Gasteiger partial charge is 0.257 e. The van der Waals surface area contributed by atoms with E-state index in [1.807, 2.05) is 72.8 Å². The Morgan fingerprint density at radius 3 is 2.51 bits per heavy atom. The molecule has 1 aromatic heterocycles. The molecule has 0 radical (unpaired) electrons. The summed E-state index contributed by atoms with van der Waals surface area (Å²) in [6.45, 7) is 0.413. The number of rotatable bonds is 7. The average molecular weight is 510 g/mol. The van der Waals surface area contributed by atoms with Crippen LogP contribution in [0.2, 0.25) is 0 Å². The number of ether oxygens (including phenoxy) is 2. The maximum Gasteiger partial charge on any atom is 0.257 e. The quantitative estimate of drug-likeness (QED) is 0.252. The zero-order chi connectivity index (χ0) is 25.6. The molecule has 1 heterocycles. The van der Waals surface area contributed by atoms with E-state index in [1.165, 1.54) is 0 Å². The molecule has 0 aliphatic carbocycles. The number of fused-ring (bicyclic) bond motifs is 1. The van der Waals surface area contributed by atoms with Gasteiger partial charge in [0.25, 0.3) is 5.91 Å². The second-order valence-corrected chi connectivity index (χ2v) is 8.55. The van der Waals surface area contributed by atoms with Gasteiger partial charge in [-0.05, 0) is 78.4 Å². The fraction of sp³-hybridized carbons (Fsp3) is 0.0690. The number of hydrogen-bond donors (Lipinski definition) is 2. The van der Waals surface area contributed by atoms with Gasteiger partial charge in [0, 0.05) is 16.8 Å². The Kier molecular flexibility index (Phi) is 7.09. The number of aromatic nitrogens is 1. The third-order valence-corrected chi connectivity index (χ3v) is 5.76. The van der Waals surface area contributed by atoms with Gasteiger partial charge in [-0.2, -0.15) is 0 Å². The maximum atomic E-state index is 12.8. The second-order valence-electron chi connectivity index (χ2n) is 8.14. The van der Waals surface area contributed by atoms with Crippen molar-refractivity contribution in [3.63, 3.8) is 0 Å². The minimum atomic E-state index is -0.341. The number of nitrogens with zero attached hydrogens (tertiary/aromatic N) is 1. The van der Waals surface area contributed by atoms with Crippen LogP contribution in [0.1, 0.15) is 15.9 Å². The summed E-state index contributed by atoms with van der Waals surface area (Å²) in [4.78, 5) is 17.3. The molecule has 37 heavy (non-hydrogen) atoms. The molecule has 0 fully saturated rings. The number of anilines is 1. The van der Waals surface area contributed by atoms with Gasteiger partial charge < -0.3 is 19.2 Å². The Balaban J connectivity index is 1.21. The fourth-order valence-corrected chi connectivity index (χ4v) is 3.88. The summed E-state index contributed by atoms with van der Waals surface area (Å²) in [5.41, 5.74) is 4.29. The lowest BCUT2D eigenvalue weighted by atomic mass is 10.2. The average Bonchev–Trinajstić information content (AvgIpc) is 3.36. The monoisotopic (exact) mass is 509 g/mol. The van der Waals surface area contributed by atoms with E-state index < -0.39 is 0 Å². The Hall–Kier alpha value is -4.69. The second kappa shape index (κ2) is 10.9. The highest BCUT2D eigenvalue weighted by Gasteiger charge is 2.12. The molecule has 0 bridgehead atoms. The van der Waals surface area contributed by atoms with Crippen molar-refractivity contribution in [2.45, 2.75) is 6.61 Å². The van der Waals surface area contributed by atoms with Gasteiger partial charge in [-0.15, -0.1) is 0 Å². The van der Waals surface area contributed by atoms with Crippen molar-refractivity contribution in [2.24, 2.45) is 0 Å². The SMILES string of the molecule is COc1ccc(-c2nc3cc(NC(=S)NC(=O)c4cccc(OCc5ccccc5)c4)ccc3o2)cc1. The molecule has 0 spiro atoms. The van der Waals surface area contributed by atoms with Crippen LogP contribution < -0.4 is 20.1 Å². The van der Waals surface area contributed by atoms with E-state index in [0.717, 1.165) is 16.9 Å². The largest absolute Gasteiger partial charge is 0.497 e. The van der Waals surface area contributed by atoms with Gasteiger partial charge in [-0.3, -0.25) is 10.1 Å². The number of carbonyl (C=O) groups is 1. The van der Waals surface area contributed by atoms with Crippen LogP contribution in [0.5, 0.6) is 11.5 Å². The molecular formula is C29H23N3O4S. The number of hydrogen-bond acceptors (Lipinski definition) is 6. The molecule has 184 valence electrons. The minimum absolute atomic E-state index is 0.166. The lowest BCUT2D eigenvalue weighted by Gasteiger charge is -2.11. The zero-order valence-corrected chi connectivity index (χ0v) is 20.7. The van der Waals surface area contributed by atoms with Crippen LogP contribution in [0, 0.1) is 0 Å². The maximum absolute atomic E-state index is 12.8. The number of carbonyl (C=O) groups excluding carboxylic acids is 1. The highest BCUT2D eigenvalue weighted by molar-refractivity contribution is 7.80. The van der Waals surface area contributed by atoms with E-state index in [0.29, 0.717) is 40.6 Å². The van der Waals surface area contributed by atoms with Gasteiger partial charge in [0.1, 0.15) is 23.6 Å². The van der Waals surface area contributed by atoms with Crippen LogP contribution in [0.15, 0.2) is 101 Å². The Morgan fingerprint density at radius 1 is 0.919 bits per heavy atom. The van der Waals surface area contributed by atoms with Gasteiger partial charge in [-0.25, -0.2) is 4.98 Å². The molecule has 4 aromatic carbocycles. The van der Waals surface area contributed by atoms with E-state index in [-0.39, 0.29) is 11.0 Å². The molecule has 0 saturated carbocycles. The number of benzene rings is 4. The first-order valence-corrected chi connectivity index (χ1v) is 11.9. The summed E-state index contributed by atoms with van der Waals surface area (Å²) >= 11 is 5.36. The van der Waals surface area contributed by atoms with Crippen LogP contribution in [0.25, 0.3) is 22.6 Å². The molecule has 5 aromatic rings. The lowest BCUT2D eigenvalue weighted by Crippen LogP contribution is -2.34. The molecule has 0 atom stereocenters. The molecule has 8 heteroatoms. The van der Waals surface area contributed by atoms with Gasteiger partial charge >= 0.3 is 0 Å². The van der Waals surface area contributed by atoms with Crippen molar-refractivity contribution in [1.82, 2.24) is 10.3 Å². The molecule has 0 aliphatic heterocycles. The van der Waals surface area contributed by atoms with Crippen molar-refractivity contribution in [3.8, 4) is 23.0 Å². The zero-order valence-electron chi connectivity index (χ0n) is 19.9. The summed E-state index contributed by atoms with van der Waals surface area (Å²) in [5, 5.41) is 5.90. The molecular weight excluding hydrogens is 486 g/mol. The molecule has 1 amide bonds. The highest BCUT2D eigenvalue weighted by Crippen LogP contribution is 2.27. The van der Waals surface area contributed by atoms with Crippen molar-refractivity contribution in [2.75, 3.05) is 12.4 Å². The van der Waals surface area contributed by atoms with Crippen LogP contribution in [-0.4, -0.2) is 23.1 Å². The number of amides is 1. The normalized spacial score (nSPS) is 10.6. The van der Waals surface area contributed by atoms with Crippen molar-refractivity contribution in [1.29, 1.82) is 0 Å². The minimum Gasteiger partial charge on any atom is -0.497 e. The summed E-state index contributed by atoms with van der Waals surface area (Å²) in [5.74, 6) is 1.51. The first kappa shape index (κ1) is 24.0. The van der Waals surface area contributed by atoms with Crippen molar-refractivity contribution < 1.29 is 18.7 Å². The van der Waals surface area contributed by atoms with Gasteiger partial charge in [0.15, 0.2) is 10.7 Å². The lowest BCUT2D eigenvalue weighted by molar-refractivity contribution is 0.0977. The van der Waals surface area contributed by atoms with Crippen LogP contribution in [0.3, 0.4) is 0 Å². The Morgan fingerprint density at radius 2 is 1.73 bits per heavy atom. The van der Waals surface area contributed by atoms with Crippen molar-refractivity contribution in [3.05, 3.63) is 108 Å². The molecule has 7 nitrogen and oxygen atoms in total. The van der Waals surface area contributed by atoms with Gasteiger partial charge in [-0.1, -0.05) is 36.4 Å². The van der Waals surface area contributed by atoms with Crippen LogP contribution >= 0.6 is 12.2 Å². The predicted molar refractivity (Wildman–Crippen MR) is 147 cm³/mol. The fourth-order valence-electron chi connectivity index (χ4n) is 3.67. The summed E-state index contributed by atoms with van der Waals surface area (Å²) in [6, 6.07) is 29.7. The third-order valence-electron chi connectivity index (χ3n) is 5.55. The van der Waals surface area contributed by atoms with E-state index >= 15 is 0 Å². The molecule has 0 aliphatic rings. The van der Waals surface area contributed by atoms with Crippen LogP contribution in [0.4, 0.5) is 5.69 Å². The highest BCUT2D eigenvalue weighted by atomic mass is 32.1. The summed E-state index contributed by atoms with van der Waals surface area (Å²) < 4.78 is 16.9. The summed E-state index contributed by atoms with van der Waals surface area (Å²) in [6.07, 6.45) is 0. The van der Waals surface area contributed by atoms with E-state index in [2.05, 4.69) is 15.6 Å². The molecule has 2 N–H and O–H groups in total. The van der Waals surface area contributed by atoms with Crippen LogP contribution in [-0.2, 0) is 6.61 Å². The first-order valence-electron chi connectivity index (χ1n) is 11.5. The Bertz CT molecular complexity index is 1550. The molecule has 5 rings (SSSR count). The van der Waals surface area contributed by atoms with E-state index in [9.17, 15) is 4.79 Å². The molecule has 0 unspecified atom stereocenters. The number of thiocarbonyl (C=S) groups is 1. The van der Waals surface area contributed by atoms with Gasteiger partial charge in [0.05, 0.1) is 7.11 Å². The van der Waals surface area contributed by atoms with E-state index in [1.54, 1.807) is 31.4 Å². The number of nitrogens with one attached hydrogen (secondary N) is 2. The topological polar surface area (TPSA) is 85.6 Å². The van der Waals surface area contributed by atoms with Gasteiger partial charge in [0.2, 0.25) is 5.89 Å². The molecule has 0 saturated heterocycles. The Labute approximate surface area is 219 Å².